The molecule has 2 aromatic heterocycles. The minimum absolute atomic E-state index is 0.551. The van der Waals surface area contributed by atoms with Crippen LogP contribution in [0.1, 0.15) is 18.4 Å². The van der Waals surface area contributed by atoms with Crippen LogP contribution in [0.3, 0.4) is 0 Å². The molecule has 0 aromatic carbocycles. The fraction of sp³-hybridized carbons (Fsp3) is 0.444. The zero-order valence-electron chi connectivity index (χ0n) is 9.36. The second kappa shape index (κ2) is 4.21. The predicted molar refractivity (Wildman–Crippen MR) is 60.8 cm³/mol. The molecule has 0 radical (unpaired) electrons. The number of H-pyrrole nitrogens is 1. The van der Waals surface area contributed by atoms with Crippen LogP contribution < -0.4 is 11.1 Å². The number of hydrogen-bond acceptors (Lipinski definition) is 5. The van der Waals surface area contributed by atoms with Gasteiger partial charge in [0.15, 0.2) is 0 Å². The van der Waals surface area contributed by atoms with Gasteiger partial charge in [-0.1, -0.05) is 0 Å². The lowest BCUT2D eigenvalue weighted by Crippen LogP contribution is -2.09. The number of nitrogens with zero attached hydrogens (tertiary/aromatic N) is 4. The van der Waals surface area contributed by atoms with Crippen molar-refractivity contribution in [3.63, 3.8) is 0 Å². The second-order valence-corrected chi connectivity index (χ2v) is 3.45. The molecule has 2 aromatic rings. The van der Waals surface area contributed by atoms with Gasteiger partial charge in [-0.05, 0) is 13.8 Å². The van der Waals surface area contributed by atoms with Gasteiger partial charge in [-0.25, -0.2) is 9.67 Å². The Morgan fingerprint density at radius 1 is 1.56 bits per heavy atom. The summed E-state index contributed by atoms with van der Waals surface area (Å²) >= 11 is 0. The molecule has 0 aliphatic rings. The van der Waals surface area contributed by atoms with E-state index in [1.54, 1.807) is 0 Å². The van der Waals surface area contributed by atoms with Crippen molar-refractivity contribution in [1.29, 1.82) is 0 Å². The molecule has 0 saturated heterocycles. The molecule has 0 amide bonds. The zero-order valence-corrected chi connectivity index (χ0v) is 9.36. The third kappa shape index (κ3) is 1.83. The molecule has 0 aliphatic heterocycles. The van der Waals surface area contributed by atoms with Crippen LogP contribution in [0.25, 0.3) is 0 Å². The maximum Gasteiger partial charge on any atom is 0.148 e. The zero-order chi connectivity index (χ0) is 11.5. The molecule has 0 fully saturated rings. The molecule has 2 heterocycles. The van der Waals surface area contributed by atoms with E-state index in [1.807, 2.05) is 18.5 Å². The monoisotopic (exact) mass is 221 g/mol. The third-order valence-corrected chi connectivity index (χ3v) is 2.36. The number of aromatic nitrogens is 5. The van der Waals surface area contributed by atoms with Gasteiger partial charge in [0, 0.05) is 6.54 Å². The number of rotatable bonds is 4. The highest BCUT2D eigenvalue weighted by molar-refractivity contribution is 5.64. The van der Waals surface area contributed by atoms with Crippen LogP contribution >= 0.6 is 0 Å². The van der Waals surface area contributed by atoms with Crippen LogP contribution in [0.15, 0.2) is 6.33 Å². The smallest absolute Gasteiger partial charge is 0.148 e. The average Bonchev–Trinajstić information content (AvgIpc) is 2.87. The van der Waals surface area contributed by atoms with Crippen LogP contribution in [0.4, 0.5) is 11.5 Å². The predicted octanol–water partition coefficient (Wildman–Crippen LogP) is 0.524. The molecule has 7 nitrogen and oxygen atoms in total. The van der Waals surface area contributed by atoms with Gasteiger partial charge in [-0.2, -0.15) is 10.2 Å². The lowest BCUT2D eigenvalue weighted by molar-refractivity contribution is 0.656. The van der Waals surface area contributed by atoms with Crippen LogP contribution in [0.2, 0.25) is 0 Å². The molecule has 86 valence electrons. The number of anilines is 2. The molecule has 0 aliphatic carbocycles. The number of nitrogens with two attached hydrogens (primary N) is 1. The minimum Gasteiger partial charge on any atom is -0.394 e. The molecule has 2 rings (SSSR count). The van der Waals surface area contributed by atoms with Crippen molar-refractivity contribution in [3.05, 3.63) is 17.8 Å². The molecule has 0 atom stereocenters. The Morgan fingerprint density at radius 2 is 2.38 bits per heavy atom. The van der Waals surface area contributed by atoms with E-state index in [0.29, 0.717) is 12.2 Å². The normalized spacial score (nSPS) is 10.6. The van der Waals surface area contributed by atoms with E-state index in [4.69, 9.17) is 5.73 Å². The van der Waals surface area contributed by atoms with Crippen molar-refractivity contribution in [2.45, 2.75) is 26.9 Å². The Bertz CT molecular complexity index is 456. The van der Waals surface area contributed by atoms with Gasteiger partial charge in [-0.15, -0.1) is 0 Å². The molecule has 0 spiro atoms. The van der Waals surface area contributed by atoms with E-state index in [-0.39, 0.29) is 0 Å². The quantitative estimate of drug-likeness (QED) is 0.699. The maximum atomic E-state index is 5.93. The summed E-state index contributed by atoms with van der Waals surface area (Å²) in [4.78, 5) is 4.02. The van der Waals surface area contributed by atoms with Gasteiger partial charge in [-0.3, -0.25) is 5.10 Å². The van der Waals surface area contributed by atoms with Crippen LogP contribution in [0, 0.1) is 6.92 Å². The SMILES string of the molecule is CCn1nc(C)c(N)c1NCc1ncn[nH]1. The van der Waals surface area contributed by atoms with Gasteiger partial charge in [0.1, 0.15) is 18.0 Å². The maximum absolute atomic E-state index is 5.93. The molecule has 7 heteroatoms. The summed E-state index contributed by atoms with van der Waals surface area (Å²) in [5.74, 6) is 1.59. The highest BCUT2D eigenvalue weighted by Gasteiger charge is 2.11. The Balaban J connectivity index is 2.14. The van der Waals surface area contributed by atoms with Gasteiger partial charge in [0.2, 0.25) is 0 Å². The first-order valence-corrected chi connectivity index (χ1v) is 5.13. The average molecular weight is 221 g/mol. The lowest BCUT2D eigenvalue weighted by Gasteiger charge is -2.07. The van der Waals surface area contributed by atoms with E-state index in [9.17, 15) is 0 Å². The fourth-order valence-corrected chi connectivity index (χ4v) is 1.49. The Morgan fingerprint density at radius 3 is 3.00 bits per heavy atom. The molecule has 16 heavy (non-hydrogen) atoms. The van der Waals surface area contributed by atoms with E-state index in [1.165, 1.54) is 6.33 Å². The molecule has 0 saturated carbocycles. The van der Waals surface area contributed by atoms with Gasteiger partial charge in [0.25, 0.3) is 0 Å². The fourth-order valence-electron chi connectivity index (χ4n) is 1.49. The number of nitrogen functional groups attached to an aromatic ring is 1. The van der Waals surface area contributed by atoms with Crippen LogP contribution in [-0.4, -0.2) is 25.0 Å². The Hall–Kier alpha value is -2.05. The Labute approximate surface area is 93.1 Å². The van der Waals surface area contributed by atoms with Crippen molar-refractivity contribution in [1.82, 2.24) is 25.0 Å². The number of aryl methyl sites for hydroxylation is 2. The highest BCUT2D eigenvalue weighted by Crippen LogP contribution is 2.22. The molecule has 0 unspecified atom stereocenters. The summed E-state index contributed by atoms with van der Waals surface area (Å²) < 4.78 is 1.83. The van der Waals surface area contributed by atoms with Crippen LogP contribution in [-0.2, 0) is 13.1 Å². The van der Waals surface area contributed by atoms with Crippen molar-refractivity contribution in [2.24, 2.45) is 0 Å². The largest absolute Gasteiger partial charge is 0.394 e. The van der Waals surface area contributed by atoms with Gasteiger partial charge < -0.3 is 11.1 Å². The van der Waals surface area contributed by atoms with Crippen molar-refractivity contribution in [3.8, 4) is 0 Å². The topological polar surface area (TPSA) is 97.4 Å². The van der Waals surface area contributed by atoms with E-state index in [0.717, 1.165) is 23.9 Å². The minimum atomic E-state index is 0.551. The summed E-state index contributed by atoms with van der Waals surface area (Å²) in [5, 5.41) is 14.1. The third-order valence-electron chi connectivity index (χ3n) is 2.36. The summed E-state index contributed by atoms with van der Waals surface area (Å²) in [6, 6.07) is 0. The molecular weight excluding hydrogens is 206 g/mol. The summed E-state index contributed by atoms with van der Waals surface area (Å²) in [7, 11) is 0. The molecule has 4 N–H and O–H groups in total. The van der Waals surface area contributed by atoms with Crippen molar-refractivity contribution < 1.29 is 0 Å². The van der Waals surface area contributed by atoms with Gasteiger partial charge in [0.05, 0.1) is 17.9 Å². The van der Waals surface area contributed by atoms with Gasteiger partial charge >= 0.3 is 0 Å². The first kappa shape index (κ1) is 10.5. The lowest BCUT2D eigenvalue weighted by atomic mass is 10.4. The standard InChI is InChI=1S/C9H15N7/c1-3-16-9(8(10)6(2)15-16)11-4-7-12-5-13-14-7/h5,11H,3-4,10H2,1-2H3,(H,12,13,14). The highest BCUT2D eigenvalue weighted by atomic mass is 15.3. The summed E-state index contributed by atoms with van der Waals surface area (Å²) in [5.41, 5.74) is 7.44. The molecular formula is C9H15N7. The first-order valence-electron chi connectivity index (χ1n) is 5.13. The van der Waals surface area contributed by atoms with Crippen LogP contribution in [0.5, 0.6) is 0 Å². The second-order valence-electron chi connectivity index (χ2n) is 3.45. The number of hydrogen-bond donors (Lipinski definition) is 3. The van der Waals surface area contributed by atoms with E-state index in [2.05, 4.69) is 25.6 Å². The Kier molecular flexibility index (Phi) is 2.76. The summed E-state index contributed by atoms with van der Waals surface area (Å²) in [6.07, 6.45) is 1.47. The van der Waals surface area contributed by atoms with Crippen molar-refractivity contribution >= 4 is 11.5 Å². The van der Waals surface area contributed by atoms with Crippen molar-refractivity contribution in [2.75, 3.05) is 11.1 Å². The van der Waals surface area contributed by atoms with E-state index >= 15 is 0 Å². The molecule has 0 bridgehead atoms. The number of aromatic amines is 1. The first-order chi connectivity index (χ1) is 7.72. The summed E-state index contributed by atoms with van der Waals surface area (Å²) in [6.45, 7) is 5.23. The number of nitrogens with one attached hydrogen (secondary N) is 2. The van der Waals surface area contributed by atoms with E-state index < -0.39 is 0 Å².